The second-order valence-electron chi connectivity index (χ2n) is 2.71. The molecule has 0 aliphatic heterocycles. The Labute approximate surface area is 70.7 Å². The van der Waals surface area contributed by atoms with Crippen molar-refractivity contribution < 1.29 is 4.39 Å². The average Bonchev–Trinajstić information content (AvgIpc) is 2.03. The summed E-state index contributed by atoms with van der Waals surface area (Å²) in [6.07, 6.45) is 0. The first-order valence-electron chi connectivity index (χ1n) is 3.65. The van der Waals surface area contributed by atoms with Crippen molar-refractivity contribution in [1.29, 1.82) is 5.41 Å². The largest absolute Gasteiger partial charge is 0.384 e. The Hall–Kier alpha value is -1.38. The van der Waals surface area contributed by atoms with Crippen LogP contribution in [-0.2, 0) is 6.67 Å². The summed E-state index contributed by atoms with van der Waals surface area (Å²) in [7, 11) is 0. The van der Waals surface area contributed by atoms with Gasteiger partial charge >= 0.3 is 0 Å². The smallest absolute Gasteiger partial charge is 0.123 e. The van der Waals surface area contributed by atoms with Crippen molar-refractivity contribution in [2.45, 2.75) is 13.6 Å². The average molecular weight is 166 g/mol. The molecule has 0 spiro atoms. The zero-order valence-corrected chi connectivity index (χ0v) is 6.89. The molecule has 64 valence electrons. The van der Waals surface area contributed by atoms with Crippen LogP contribution in [0, 0.1) is 12.3 Å². The molecule has 1 aromatic rings. The number of nitrogen functional groups attached to an aromatic ring is 1. The molecule has 2 nitrogen and oxygen atoms in total. The summed E-state index contributed by atoms with van der Waals surface area (Å²) < 4.78 is 12.4. The SMILES string of the molecule is Cc1ccc(C(=N)N)c(CF)c1. The minimum atomic E-state index is -0.573. The summed E-state index contributed by atoms with van der Waals surface area (Å²) in [4.78, 5) is 0. The number of amidine groups is 1. The van der Waals surface area contributed by atoms with Crippen molar-refractivity contribution in [3.05, 3.63) is 34.9 Å². The molecule has 0 unspecified atom stereocenters. The van der Waals surface area contributed by atoms with Crippen LogP contribution in [0.15, 0.2) is 18.2 Å². The predicted octanol–water partition coefficient (Wildman–Crippen LogP) is 1.75. The monoisotopic (exact) mass is 166 g/mol. The van der Waals surface area contributed by atoms with Crippen LogP contribution in [0.4, 0.5) is 4.39 Å². The van der Waals surface area contributed by atoms with Gasteiger partial charge in [0, 0.05) is 5.56 Å². The summed E-state index contributed by atoms with van der Waals surface area (Å²) in [5.41, 5.74) is 7.21. The van der Waals surface area contributed by atoms with Crippen LogP contribution >= 0.6 is 0 Å². The van der Waals surface area contributed by atoms with Crippen molar-refractivity contribution >= 4 is 5.84 Å². The van der Waals surface area contributed by atoms with Gasteiger partial charge in [0.05, 0.1) is 0 Å². The van der Waals surface area contributed by atoms with Crippen LogP contribution in [0.5, 0.6) is 0 Å². The van der Waals surface area contributed by atoms with E-state index < -0.39 is 6.67 Å². The molecule has 0 aliphatic rings. The second kappa shape index (κ2) is 3.34. The normalized spacial score (nSPS) is 9.83. The van der Waals surface area contributed by atoms with Gasteiger partial charge in [-0.25, -0.2) is 4.39 Å². The van der Waals surface area contributed by atoms with Crippen molar-refractivity contribution in [3.63, 3.8) is 0 Å². The van der Waals surface area contributed by atoms with E-state index in [1.165, 1.54) is 0 Å². The van der Waals surface area contributed by atoms with E-state index in [2.05, 4.69) is 0 Å². The maximum Gasteiger partial charge on any atom is 0.123 e. The van der Waals surface area contributed by atoms with Crippen LogP contribution in [0.3, 0.4) is 0 Å². The minimum absolute atomic E-state index is 0.0809. The van der Waals surface area contributed by atoms with Gasteiger partial charge in [-0.15, -0.1) is 0 Å². The molecule has 0 aromatic heterocycles. The molecule has 0 radical (unpaired) electrons. The lowest BCUT2D eigenvalue weighted by molar-refractivity contribution is 0.484. The van der Waals surface area contributed by atoms with Crippen LogP contribution in [0.2, 0.25) is 0 Å². The standard InChI is InChI=1S/C9H11FN2/c1-6-2-3-8(9(11)12)7(4-6)5-10/h2-4H,5H2,1H3,(H3,11,12). The highest BCUT2D eigenvalue weighted by atomic mass is 19.1. The molecule has 0 amide bonds. The number of aryl methyl sites for hydroxylation is 1. The number of benzene rings is 1. The lowest BCUT2D eigenvalue weighted by Crippen LogP contribution is -2.13. The molecule has 0 atom stereocenters. The molecule has 0 saturated heterocycles. The summed E-state index contributed by atoms with van der Waals surface area (Å²) in [6, 6.07) is 5.19. The van der Waals surface area contributed by atoms with E-state index in [0.717, 1.165) is 5.56 Å². The third kappa shape index (κ3) is 1.61. The fourth-order valence-corrected chi connectivity index (χ4v) is 1.10. The van der Waals surface area contributed by atoms with E-state index in [0.29, 0.717) is 11.1 Å². The topological polar surface area (TPSA) is 49.9 Å². The minimum Gasteiger partial charge on any atom is -0.384 e. The highest BCUT2D eigenvalue weighted by Crippen LogP contribution is 2.12. The quantitative estimate of drug-likeness (QED) is 0.510. The zero-order chi connectivity index (χ0) is 9.14. The van der Waals surface area contributed by atoms with Crippen molar-refractivity contribution in [2.75, 3.05) is 0 Å². The summed E-state index contributed by atoms with van der Waals surface area (Å²) in [5.74, 6) is -0.0809. The van der Waals surface area contributed by atoms with Gasteiger partial charge in [0.1, 0.15) is 12.5 Å². The van der Waals surface area contributed by atoms with Crippen LogP contribution < -0.4 is 5.73 Å². The lowest BCUT2D eigenvalue weighted by atomic mass is 10.0. The molecule has 0 bridgehead atoms. The van der Waals surface area contributed by atoms with Crippen LogP contribution in [0.1, 0.15) is 16.7 Å². The van der Waals surface area contributed by atoms with E-state index in [1.54, 1.807) is 12.1 Å². The van der Waals surface area contributed by atoms with E-state index in [1.807, 2.05) is 13.0 Å². The van der Waals surface area contributed by atoms with Gasteiger partial charge in [0.2, 0.25) is 0 Å². The third-order valence-corrected chi connectivity index (χ3v) is 1.69. The summed E-state index contributed by atoms with van der Waals surface area (Å²) in [5, 5.41) is 7.16. The molecule has 3 N–H and O–H groups in total. The number of alkyl halides is 1. The van der Waals surface area contributed by atoms with Crippen molar-refractivity contribution in [3.8, 4) is 0 Å². The van der Waals surface area contributed by atoms with Gasteiger partial charge in [0.15, 0.2) is 0 Å². The summed E-state index contributed by atoms with van der Waals surface area (Å²) in [6.45, 7) is 1.31. The van der Waals surface area contributed by atoms with Gasteiger partial charge in [-0.1, -0.05) is 23.8 Å². The maximum absolute atomic E-state index is 12.4. The Kier molecular flexibility index (Phi) is 2.43. The zero-order valence-electron chi connectivity index (χ0n) is 6.89. The Morgan fingerprint density at radius 3 is 2.75 bits per heavy atom. The molecular weight excluding hydrogens is 155 g/mol. The van der Waals surface area contributed by atoms with Gasteiger partial charge in [0.25, 0.3) is 0 Å². The molecule has 0 heterocycles. The molecule has 0 saturated carbocycles. The molecule has 1 aromatic carbocycles. The summed E-state index contributed by atoms with van der Waals surface area (Å²) >= 11 is 0. The molecule has 12 heavy (non-hydrogen) atoms. The van der Waals surface area contributed by atoms with E-state index in [-0.39, 0.29) is 5.84 Å². The first-order valence-corrected chi connectivity index (χ1v) is 3.65. The third-order valence-electron chi connectivity index (χ3n) is 1.69. The number of halogens is 1. The molecular formula is C9H11FN2. The van der Waals surface area contributed by atoms with Crippen molar-refractivity contribution in [2.24, 2.45) is 5.73 Å². The van der Waals surface area contributed by atoms with E-state index in [4.69, 9.17) is 11.1 Å². The van der Waals surface area contributed by atoms with Gasteiger partial charge < -0.3 is 5.73 Å². The number of rotatable bonds is 2. The van der Waals surface area contributed by atoms with Gasteiger partial charge in [-0.2, -0.15) is 0 Å². The second-order valence-corrected chi connectivity index (χ2v) is 2.71. The lowest BCUT2D eigenvalue weighted by Gasteiger charge is -2.04. The Morgan fingerprint density at radius 2 is 2.25 bits per heavy atom. The van der Waals surface area contributed by atoms with Crippen LogP contribution in [0.25, 0.3) is 0 Å². The first kappa shape index (κ1) is 8.71. The van der Waals surface area contributed by atoms with Crippen LogP contribution in [-0.4, -0.2) is 5.84 Å². The maximum atomic E-state index is 12.4. The molecule has 0 aliphatic carbocycles. The molecule has 1 rings (SSSR count). The first-order chi connectivity index (χ1) is 5.65. The number of nitrogens with two attached hydrogens (primary N) is 1. The predicted molar refractivity (Wildman–Crippen MR) is 47.0 cm³/mol. The van der Waals surface area contributed by atoms with Gasteiger partial charge in [-0.3, -0.25) is 5.41 Å². The number of hydrogen-bond donors (Lipinski definition) is 2. The number of nitrogens with one attached hydrogen (secondary N) is 1. The highest BCUT2D eigenvalue weighted by molar-refractivity contribution is 5.96. The molecule has 3 heteroatoms. The fourth-order valence-electron chi connectivity index (χ4n) is 1.10. The van der Waals surface area contributed by atoms with E-state index >= 15 is 0 Å². The Bertz CT molecular complexity index is 307. The Morgan fingerprint density at radius 1 is 1.58 bits per heavy atom. The van der Waals surface area contributed by atoms with E-state index in [9.17, 15) is 4.39 Å². The van der Waals surface area contributed by atoms with Crippen molar-refractivity contribution in [1.82, 2.24) is 0 Å². The highest BCUT2D eigenvalue weighted by Gasteiger charge is 2.04. The molecule has 0 fully saturated rings. The fraction of sp³-hybridized carbons (Fsp3) is 0.222. The number of hydrogen-bond acceptors (Lipinski definition) is 1. The van der Waals surface area contributed by atoms with Gasteiger partial charge in [-0.05, 0) is 12.5 Å². The Balaban J connectivity index is 3.20.